The lowest BCUT2D eigenvalue weighted by molar-refractivity contribution is 0.149. The topological polar surface area (TPSA) is 12.0 Å². The number of hydrogen-bond donors (Lipinski definition) is 1. The van der Waals surface area contributed by atoms with Crippen molar-refractivity contribution in [3.05, 3.63) is 35.6 Å². The molecule has 1 fully saturated rings. The second-order valence-corrected chi connectivity index (χ2v) is 7.34. The molecule has 1 aliphatic carbocycles. The summed E-state index contributed by atoms with van der Waals surface area (Å²) in [6, 6.07) is 6.79. The highest BCUT2D eigenvalue weighted by Gasteiger charge is 2.29. The molecule has 0 heterocycles. The molecule has 0 bridgehead atoms. The number of halogens is 1. The van der Waals surface area contributed by atoms with E-state index in [4.69, 9.17) is 0 Å². The van der Waals surface area contributed by atoms with Crippen LogP contribution < -0.4 is 5.32 Å². The molecule has 0 amide bonds. The Labute approximate surface area is 123 Å². The Morgan fingerprint density at radius 3 is 2.20 bits per heavy atom. The molecule has 0 atom stereocenters. The molecule has 2 heteroatoms. The monoisotopic (exact) mass is 277 g/mol. The van der Waals surface area contributed by atoms with Gasteiger partial charge in [0, 0.05) is 6.54 Å². The van der Waals surface area contributed by atoms with E-state index in [2.05, 4.69) is 26.1 Å². The van der Waals surface area contributed by atoms with Gasteiger partial charge in [-0.25, -0.2) is 4.39 Å². The minimum atomic E-state index is -0.158. The number of rotatable bonds is 4. The number of nitrogens with one attached hydrogen (secondary N) is 1. The summed E-state index contributed by atoms with van der Waals surface area (Å²) in [5.74, 6) is 1.54. The zero-order valence-corrected chi connectivity index (χ0v) is 13.1. The second-order valence-electron chi connectivity index (χ2n) is 7.34. The van der Waals surface area contributed by atoms with E-state index in [0.717, 1.165) is 30.5 Å². The number of benzene rings is 1. The Bertz CT molecular complexity index is 396. The molecule has 1 N–H and O–H groups in total. The highest BCUT2D eigenvalue weighted by Crippen LogP contribution is 2.39. The minimum absolute atomic E-state index is 0.158. The van der Waals surface area contributed by atoms with Crippen LogP contribution in [-0.2, 0) is 6.54 Å². The molecule has 0 spiro atoms. The van der Waals surface area contributed by atoms with Gasteiger partial charge in [0.2, 0.25) is 0 Å². The maximum absolute atomic E-state index is 12.8. The Morgan fingerprint density at radius 1 is 1.05 bits per heavy atom. The zero-order chi connectivity index (χ0) is 14.6. The van der Waals surface area contributed by atoms with Gasteiger partial charge in [-0.15, -0.1) is 0 Å². The fourth-order valence-electron chi connectivity index (χ4n) is 3.26. The van der Waals surface area contributed by atoms with Crippen LogP contribution in [0.4, 0.5) is 4.39 Å². The van der Waals surface area contributed by atoms with Crippen LogP contribution in [0.25, 0.3) is 0 Å². The zero-order valence-electron chi connectivity index (χ0n) is 13.1. The lowest BCUT2D eigenvalue weighted by atomic mass is 9.70. The highest BCUT2D eigenvalue weighted by molar-refractivity contribution is 5.15. The first-order valence-corrected chi connectivity index (χ1v) is 7.90. The maximum Gasteiger partial charge on any atom is 0.123 e. The molecule has 112 valence electrons. The van der Waals surface area contributed by atoms with Gasteiger partial charge in [-0.05, 0) is 67.2 Å². The Morgan fingerprint density at radius 2 is 1.65 bits per heavy atom. The van der Waals surface area contributed by atoms with E-state index in [-0.39, 0.29) is 5.82 Å². The van der Waals surface area contributed by atoms with Crippen LogP contribution in [0.2, 0.25) is 0 Å². The Kier molecular flexibility index (Phi) is 5.20. The first-order valence-electron chi connectivity index (χ1n) is 7.90. The molecule has 0 radical (unpaired) electrons. The van der Waals surface area contributed by atoms with Crippen LogP contribution in [0.3, 0.4) is 0 Å². The molecule has 1 aromatic rings. The summed E-state index contributed by atoms with van der Waals surface area (Å²) in [5.41, 5.74) is 1.63. The maximum atomic E-state index is 12.8. The van der Waals surface area contributed by atoms with Gasteiger partial charge >= 0.3 is 0 Å². The van der Waals surface area contributed by atoms with Crippen molar-refractivity contribution < 1.29 is 4.39 Å². The van der Waals surface area contributed by atoms with Crippen LogP contribution in [0, 0.1) is 23.1 Å². The van der Waals surface area contributed by atoms with E-state index in [1.165, 1.54) is 37.8 Å². The van der Waals surface area contributed by atoms with Crippen molar-refractivity contribution in [2.75, 3.05) is 6.54 Å². The summed E-state index contributed by atoms with van der Waals surface area (Å²) < 4.78 is 12.8. The molecular formula is C18H28FN. The summed E-state index contributed by atoms with van der Waals surface area (Å²) in [6.07, 6.45) is 5.43. The van der Waals surface area contributed by atoms with Crippen molar-refractivity contribution in [2.24, 2.45) is 17.3 Å². The third-order valence-electron chi connectivity index (χ3n) is 4.75. The van der Waals surface area contributed by atoms with Gasteiger partial charge in [0.15, 0.2) is 0 Å². The van der Waals surface area contributed by atoms with E-state index in [0.29, 0.717) is 5.41 Å². The average molecular weight is 277 g/mol. The van der Waals surface area contributed by atoms with Crippen molar-refractivity contribution in [1.29, 1.82) is 0 Å². The third kappa shape index (κ3) is 4.59. The van der Waals surface area contributed by atoms with E-state index >= 15 is 0 Å². The van der Waals surface area contributed by atoms with E-state index in [9.17, 15) is 4.39 Å². The molecule has 0 aromatic heterocycles. The fraction of sp³-hybridized carbons (Fsp3) is 0.667. The predicted octanol–water partition coefficient (Wildman–Crippen LogP) is 4.77. The average Bonchev–Trinajstić information content (AvgIpc) is 2.41. The van der Waals surface area contributed by atoms with Crippen LogP contribution in [0.15, 0.2) is 24.3 Å². The second kappa shape index (κ2) is 6.71. The number of hydrogen-bond acceptors (Lipinski definition) is 1. The van der Waals surface area contributed by atoms with Crippen molar-refractivity contribution in [3.63, 3.8) is 0 Å². The van der Waals surface area contributed by atoms with E-state index in [1.54, 1.807) is 0 Å². The van der Waals surface area contributed by atoms with E-state index < -0.39 is 0 Å². The molecule has 2 rings (SSSR count). The molecule has 0 saturated heterocycles. The summed E-state index contributed by atoms with van der Waals surface area (Å²) in [4.78, 5) is 0. The first kappa shape index (κ1) is 15.5. The first-order chi connectivity index (χ1) is 9.45. The SMILES string of the molecule is CC(C)(C)C1CCC(CNCc2ccc(F)cc2)CC1. The molecule has 1 aromatic carbocycles. The van der Waals surface area contributed by atoms with E-state index in [1.807, 2.05) is 12.1 Å². The highest BCUT2D eigenvalue weighted by atomic mass is 19.1. The molecule has 1 saturated carbocycles. The summed E-state index contributed by atoms with van der Waals surface area (Å²) >= 11 is 0. The van der Waals surface area contributed by atoms with Gasteiger partial charge in [0.05, 0.1) is 0 Å². The summed E-state index contributed by atoms with van der Waals surface area (Å²) in [7, 11) is 0. The molecular weight excluding hydrogens is 249 g/mol. The van der Waals surface area contributed by atoms with Crippen LogP contribution in [-0.4, -0.2) is 6.54 Å². The van der Waals surface area contributed by atoms with Crippen molar-refractivity contribution in [2.45, 2.75) is 53.0 Å². The van der Waals surface area contributed by atoms with Crippen LogP contribution in [0.5, 0.6) is 0 Å². The summed E-state index contributed by atoms with van der Waals surface area (Å²) in [6.45, 7) is 9.04. The molecule has 20 heavy (non-hydrogen) atoms. The lowest BCUT2D eigenvalue weighted by Crippen LogP contribution is -2.30. The summed E-state index contributed by atoms with van der Waals surface area (Å²) in [5, 5.41) is 3.52. The minimum Gasteiger partial charge on any atom is -0.312 e. The quantitative estimate of drug-likeness (QED) is 0.836. The Balaban J connectivity index is 1.67. The van der Waals surface area contributed by atoms with Crippen molar-refractivity contribution >= 4 is 0 Å². The van der Waals surface area contributed by atoms with Gasteiger partial charge in [-0.3, -0.25) is 0 Å². The van der Waals surface area contributed by atoms with Crippen molar-refractivity contribution in [3.8, 4) is 0 Å². The normalized spacial score (nSPS) is 23.8. The fourth-order valence-corrected chi connectivity index (χ4v) is 3.26. The molecule has 1 aliphatic rings. The van der Waals surface area contributed by atoms with Gasteiger partial charge in [0.25, 0.3) is 0 Å². The van der Waals surface area contributed by atoms with Crippen LogP contribution >= 0.6 is 0 Å². The Hall–Kier alpha value is -0.890. The van der Waals surface area contributed by atoms with Gasteiger partial charge in [-0.1, -0.05) is 32.9 Å². The van der Waals surface area contributed by atoms with Crippen LogP contribution in [0.1, 0.15) is 52.0 Å². The van der Waals surface area contributed by atoms with Crippen molar-refractivity contribution in [1.82, 2.24) is 5.32 Å². The predicted molar refractivity (Wildman–Crippen MR) is 83.0 cm³/mol. The lowest BCUT2D eigenvalue weighted by Gasteiger charge is -2.37. The standard InChI is InChI=1S/C18H28FN/c1-18(2,3)16-8-4-14(5-9-16)12-20-13-15-6-10-17(19)11-7-15/h6-7,10-11,14,16,20H,4-5,8-9,12-13H2,1-3H3. The van der Waals surface area contributed by atoms with Gasteiger partial charge < -0.3 is 5.32 Å². The molecule has 0 unspecified atom stereocenters. The smallest absolute Gasteiger partial charge is 0.123 e. The third-order valence-corrected chi connectivity index (χ3v) is 4.75. The van der Waals surface area contributed by atoms with Gasteiger partial charge in [-0.2, -0.15) is 0 Å². The largest absolute Gasteiger partial charge is 0.312 e. The molecule has 1 nitrogen and oxygen atoms in total. The van der Waals surface area contributed by atoms with Gasteiger partial charge in [0.1, 0.15) is 5.82 Å². The molecule has 0 aliphatic heterocycles.